The van der Waals surface area contributed by atoms with Crippen LogP contribution in [0.2, 0.25) is 0 Å². The molecule has 3 aromatic rings. The lowest BCUT2D eigenvalue weighted by Crippen LogP contribution is -2.57. The summed E-state index contributed by atoms with van der Waals surface area (Å²) in [5, 5.41) is 0. The largest absolute Gasteiger partial charge is 0.307 e. The summed E-state index contributed by atoms with van der Waals surface area (Å²) in [6, 6.07) is 20.6. The minimum absolute atomic E-state index is 0.0937. The van der Waals surface area contributed by atoms with Crippen molar-refractivity contribution in [3.8, 4) is 0 Å². The van der Waals surface area contributed by atoms with E-state index >= 15 is 0 Å². The number of Topliss-reactive ketones (excluding diaryl/α,β-unsaturated/α-hetero) is 1. The number of allylic oxidation sites excluding steroid dienone is 2. The normalized spacial score (nSPS) is 20.7. The van der Waals surface area contributed by atoms with Gasteiger partial charge in [0, 0.05) is 24.4 Å². The lowest BCUT2D eigenvalue weighted by molar-refractivity contribution is -0.134. The van der Waals surface area contributed by atoms with Crippen LogP contribution in [-0.4, -0.2) is 31.0 Å². The van der Waals surface area contributed by atoms with Gasteiger partial charge in [0.2, 0.25) is 5.91 Å². The second-order valence-corrected chi connectivity index (χ2v) is 13.4. The van der Waals surface area contributed by atoms with Crippen molar-refractivity contribution >= 4 is 27.4 Å². The summed E-state index contributed by atoms with van der Waals surface area (Å²) >= 11 is 0. The molecule has 0 saturated carbocycles. The number of ketones is 1. The zero-order chi connectivity index (χ0) is 29.0. The Bertz CT molecular complexity index is 1630. The lowest BCUT2D eigenvalue weighted by Gasteiger charge is -2.46. The van der Waals surface area contributed by atoms with Gasteiger partial charge in [0.05, 0.1) is 22.8 Å². The van der Waals surface area contributed by atoms with E-state index in [1.807, 2.05) is 58.9 Å². The molecule has 0 radical (unpaired) electrons. The summed E-state index contributed by atoms with van der Waals surface area (Å²) < 4.78 is 29.3. The molecular formula is C33H36N2O4S. The van der Waals surface area contributed by atoms with Crippen LogP contribution in [0.4, 0.5) is 5.69 Å². The van der Waals surface area contributed by atoms with Crippen LogP contribution in [0.15, 0.2) is 82.9 Å². The number of carbonyl (C=O) groups is 2. The quantitative estimate of drug-likeness (QED) is 0.387. The first-order valence-electron chi connectivity index (χ1n) is 13.6. The van der Waals surface area contributed by atoms with Crippen molar-refractivity contribution in [1.82, 2.24) is 4.31 Å². The average molecular weight is 557 g/mol. The molecule has 7 heteroatoms. The third-order valence-corrected chi connectivity index (χ3v) is 10.1. The van der Waals surface area contributed by atoms with E-state index in [9.17, 15) is 18.0 Å². The molecule has 2 aliphatic heterocycles. The fraction of sp³-hybridized carbons (Fsp3) is 0.333. The van der Waals surface area contributed by atoms with E-state index in [1.165, 1.54) is 11.2 Å². The smallest absolute Gasteiger partial charge is 0.264 e. The molecule has 0 N–H and O–H groups in total. The molecule has 2 atom stereocenters. The van der Waals surface area contributed by atoms with Crippen LogP contribution < -0.4 is 4.90 Å². The molecule has 2 heterocycles. The topological polar surface area (TPSA) is 74.8 Å². The maximum atomic E-state index is 14.6. The Labute approximate surface area is 237 Å². The predicted octanol–water partition coefficient (Wildman–Crippen LogP) is 5.99. The Morgan fingerprint density at radius 2 is 1.52 bits per heavy atom. The summed E-state index contributed by atoms with van der Waals surface area (Å²) in [4.78, 5) is 30.0. The van der Waals surface area contributed by atoms with Crippen molar-refractivity contribution in [3.05, 3.63) is 106 Å². The number of para-hydroxylation sites is 1. The van der Waals surface area contributed by atoms with Gasteiger partial charge in [-0.1, -0.05) is 70.8 Å². The molecule has 1 spiro atoms. The first-order valence-corrected chi connectivity index (χ1v) is 15.0. The van der Waals surface area contributed by atoms with Crippen LogP contribution in [0.25, 0.3) is 0 Å². The standard InChI is InChI=1S/C33H36N2O4S/c1-21(2)31-18-33(29(25(6)36)20-35(31)40(38,39)27-13-11-22(3)12-14-27)28-9-7-8-10-30(28)34(32(33)37)19-26-16-23(4)15-24(5)17-26/h7-17,29H,18-20H2,1-6H3/t29-,33+/m0/s1. The highest BCUT2D eigenvalue weighted by Gasteiger charge is 2.61. The van der Waals surface area contributed by atoms with E-state index in [0.717, 1.165) is 39.1 Å². The number of carbonyl (C=O) groups excluding carboxylic acids is 2. The van der Waals surface area contributed by atoms with Crippen molar-refractivity contribution in [2.45, 2.75) is 64.8 Å². The molecule has 2 aliphatic rings. The monoisotopic (exact) mass is 556 g/mol. The van der Waals surface area contributed by atoms with Crippen molar-refractivity contribution in [2.75, 3.05) is 11.4 Å². The molecule has 0 unspecified atom stereocenters. The molecular weight excluding hydrogens is 520 g/mol. The van der Waals surface area contributed by atoms with Gasteiger partial charge >= 0.3 is 0 Å². The second-order valence-electron chi connectivity index (χ2n) is 11.5. The summed E-state index contributed by atoms with van der Waals surface area (Å²) in [5.74, 6) is -1.19. The van der Waals surface area contributed by atoms with E-state index in [0.29, 0.717) is 12.2 Å². The van der Waals surface area contributed by atoms with Crippen LogP contribution in [0.1, 0.15) is 55.0 Å². The van der Waals surface area contributed by atoms with Crippen molar-refractivity contribution in [2.24, 2.45) is 5.92 Å². The Morgan fingerprint density at radius 3 is 2.12 bits per heavy atom. The highest BCUT2D eigenvalue weighted by molar-refractivity contribution is 7.89. The molecule has 0 bridgehead atoms. The third kappa shape index (κ3) is 4.46. The number of rotatable bonds is 5. The van der Waals surface area contributed by atoms with Gasteiger partial charge in [-0.05, 0) is 70.9 Å². The van der Waals surface area contributed by atoms with E-state index < -0.39 is 21.4 Å². The van der Waals surface area contributed by atoms with Crippen LogP contribution >= 0.6 is 0 Å². The fourth-order valence-corrected chi connectivity index (χ4v) is 8.07. The lowest BCUT2D eigenvalue weighted by atomic mass is 9.64. The van der Waals surface area contributed by atoms with Crippen molar-refractivity contribution in [3.63, 3.8) is 0 Å². The Hall–Kier alpha value is -3.71. The van der Waals surface area contributed by atoms with Gasteiger partial charge in [0.1, 0.15) is 5.78 Å². The number of amides is 1. The van der Waals surface area contributed by atoms with E-state index in [4.69, 9.17) is 0 Å². The maximum absolute atomic E-state index is 14.6. The second kappa shape index (κ2) is 10.0. The number of hydrogen-bond donors (Lipinski definition) is 0. The number of piperidine rings is 1. The van der Waals surface area contributed by atoms with E-state index in [2.05, 4.69) is 18.2 Å². The Morgan fingerprint density at radius 1 is 0.900 bits per heavy atom. The molecule has 1 amide bonds. The van der Waals surface area contributed by atoms with Gasteiger partial charge in [0.15, 0.2) is 0 Å². The van der Waals surface area contributed by atoms with Gasteiger partial charge < -0.3 is 4.90 Å². The first-order chi connectivity index (χ1) is 18.9. The zero-order valence-corrected chi connectivity index (χ0v) is 24.8. The maximum Gasteiger partial charge on any atom is 0.264 e. The molecule has 1 saturated heterocycles. The van der Waals surface area contributed by atoms with Gasteiger partial charge in [-0.25, -0.2) is 8.42 Å². The molecule has 1 fully saturated rings. The van der Waals surface area contributed by atoms with Crippen LogP contribution in [0, 0.1) is 26.7 Å². The number of fused-ring (bicyclic) bond motifs is 2. The van der Waals surface area contributed by atoms with Gasteiger partial charge in [0.25, 0.3) is 10.0 Å². The SMILES string of the molecule is CC(=O)[C@@H]1CN(S(=O)(=O)c2ccc(C)cc2)C(=C(C)C)C[C@]12C(=O)N(Cc1cc(C)cc(C)c1)c1ccccc12. The summed E-state index contributed by atoms with van der Waals surface area (Å²) in [6.45, 7) is 11.5. The molecule has 40 heavy (non-hydrogen) atoms. The van der Waals surface area contributed by atoms with Crippen molar-refractivity contribution < 1.29 is 18.0 Å². The first kappa shape index (κ1) is 27.8. The molecule has 3 aromatic carbocycles. The van der Waals surface area contributed by atoms with Gasteiger partial charge in [-0.3, -0.25) is 13.9 Å². The van der Waals surface area contributed by atoms with E-state index in [1.54, 1.807) is 29.2 Å². The molecule has 5 rings (SSSR count). The van der Waals surface area contributed by atoms with E-state index in [-0.39, 0.29) is 29.6 Å². The summed E-state index contributed by atoms with van der Waals surface area (Å²) in [5.41, 5.74) is 5.95. The third-order valence-electron chi connectivity index (χ3n) is 8.29. The molecule has 208 valence electrons. The van der Waals surface area contributed by atoms with Crippen LogP contribution in [0.3, 0.4) is 0 Å². The minimum atomic E-state index is -3.95. The number of sulfonamides is 1. The molecule has 6 nitrogen and oxygen atoms in total. The number of benzene rings is 3. The van der Waals surface area contributed by atoms with Crippen molar-refractivity contribution in [1.29, 1.82) is 0 Å². The summed E-state index contributed by atoms with van der Waals surface area (Å²) in [6.07, 6.45) is 0.129. The van der Waals surface area contributed by atoms with Crippen LogP contribution in [0.5, 0.6) is 0 Å². The summed E-state index contributed by atoms with van der Waals surface area (Å²) in [7, 11) is -3.95. The average Bonchev–Trinajstić information content (AvgIpc) is 3.11. The molecule has 0 aromatic heterocycles. The number of hydrogen-bond acceptors (Lipinski definition) is 4. The predicted molar refractivity (Wildman–Crippen MR) is 157 cm³/mol. The molecule has 0 aliphatic carbocycles. The highest BCUT2D eigenvalue weighted by atomic mass is 32.2. The Balaban J connectivity index is 1.65. The van der Waals surface area contributed by atoms with Gasteiger partial charge in [-0.15, -0.1) is 0 Å². The minimum Gasteiger partial charge on any atom is -0.307 e. The fourth-order valence-electron chi connectivity index (χ4n) is 6.45. The van der Waals surface area contributed by atoms with Crippen LogP contribution in [-0.2, 0) is 31.6 Å². The number of anilines is 1. The van der Waals surface area contributed by atoms with Gasteiger partial charge in [-0.2, -0.15) is 0 Å². The number of aryl methyl sites for hydroxylation is 3. The Kier molecular flexibility index (Phi) is 6.99. The highest BCUT2D eigenvalue weighted by Crippen LogP contribution is 2.54. The number of nitrogens with zero attached hydrogens (tertiary/aromatic N) is 2. The zero-order valence-electron chi connectivity index (χ0n) is 24.0.